The summed E-state index contributed by atoms with van der Waals surface area (Å²) in [6, 6.07) is 6.36. The molecule has 0 saturated heterocycles. The van der Waals surface area contributed by atoms with Crippen LogP contribution in [0.1, 0.15) is 57.1 Å². The van der Waals surface area contributed by atoms with Crippen LogP contribution in [0, 0.1) is 0 Å². The lowest BCUT2D eigenvalue weighted by atomic mass is 9.88. The lowest BCUT2D eigenvalue weighted by molar-refractivity contribution is 0.404. The second-order valence-electron chi connectivity index (χ2n) is 4.43. The van der Waals surface area contributed by atoms with Crippen LogP contribution in [0.3, 0.4) is 0 Å². The van der Waals surface area contributed by atoms with Crippen molar-refractivity contribution < 1.29 is 4.74 Å². The first-order valence-corrected chi connectivity index (χ1v) is 5.78. The van der Waals surface area contributed by atoms with E-state index in [1.807, 2.05) is 0 Å². The van der Waals surface area contributed by atoms with E-state index in [1.54, 1.807) is 7.11 Å². The summed E-state index contributed by atoms with van der Waals surface area (Å²) in [4.78, 5) is 0. The van der Waals surface area contributed by atoms with Crippen molar-refractivity contribution in [2.75, 3.05) is 7.11 Å². The standard InChI is InChI=1S/C14H22O/c1-6-11(4)14-12(10(2)3)8-7-9-13(14)15-5/h7-11H,6H2,1-5H3. The van der Waals surface area contributed by atoms with Crippen LogP contribution >= 0.6 is 0 Å². The molecule has 84 valence electrons. The molecular formula is C14H22O. The molecule has 0 aliphatic rings. The van der Waals surface area contributed by atoms with E-state index >= 15 is 0 Å². The largest absolute Gasteiger partial charge is 0.496 e. The average molecular weight is 206 g/mol. The molecule has 0 amide bonds. The van der Waals surface area contributed by atoms with Gasteiger partial charge in [-0.25, -0.2) is 0 Å². The molecule has 0 radical (unpaired) electrons. The topological polar surface area (TPSA) is 9.23 Å². The van der Waals surface area contributed by atoms with Gasteiger partial charge in [-0.2, -0.15) is 0 Å². The highest BCUT2D eigenvalue weighted by atomic mass is 16.5. The van der Waals surface area contributed by atoms with Crippen molar-refractivity contribution in [2.45, 2.75) is 46.0 Å². The van der Waals surface area contributed by atoms with Crippen molar-refractivity contribution in [3.05, 3.63) is 29.3 Å². The fourth-order valence-electron chi connectivity index (χ4n) is 1.97. The summed E-state index contributed by atoms with van der Waals surface area (Å²) < 4.78 is 5.46. The van der Waals surface area contributed by atoms with Crippen LogP contribution in [0.5, 0.6) is 5.75 Å². The molecule has 0 aliphatic carbocycles. The van der Waals surface area contributed by atoms with Crippen LogP contribution in [0.15, 0.2) is 18.2 Å². The van der Waals surface area contributed by atoms with Gasteiger partial charge in [0.15, 0.2) is 0 Å². The monoisotopic (exact) mass is 206 g/mol. The summed E-state index contributed by atoms with van der Waals surface area (Å²) in [5.41, 5.74) is 2.81. The quantitative estimate of drug-likeness (QED) is 0.712. The highest BCUT2D eigenvalue weighted by Crippen LogP contribution is 2.35. The zero-order valence-electron chi connectivity index (χ0n) is 10.5. The second kappa shape index (κ2) is 5.20. The molecule has 0 heterocycles. The fraction of sp³-hybridized carbons (Fsp3) is 0.571. The Bertz CT molecular complexity index is 315. The minimum absolute atomic E-state index is 0.559. The maximum Gasteiger partial charge on any atom is 0.122 e. The maximum atomic E-state index is 5.46. The number of benzene rings is 1. The SMILES string of the molecule is CCC(C)c1c(OC)cccc1C(C)C. The molecule has 0 saturated carbocycles. The number of rotatable bonds is 4. The molecule has 1 rings (SSSR count). The summed E-state index contributed by atoms with van der Waals surface area (Å²) >= 11 is 0. The van der Waals surface area contributed by atoms with Crippen LogP contribution in [-0.2, 0) is 0 Å². The molecule has 15 heavy (non-hydrogen) atoms. The van der Waals surface area contributed by atoms with Gasteiger partial charge in [0.2, 0.25) is 0 Å². The van der Waals surface area contributed by atoms with Crippen LogP contribution in [0.2, 0.25) is 0 Å². The molecule has 0 aromatic heterocycles. The number of ether oxygens (including phenoxy) is 1. The van der Waals surface area contributed by atoms with Crippen LogP contribution in [0.4, 0.5) is 0 Å². The molecule has 1 aromatic rings. The van der Waals surface area contributed by atoms with Gasteiger partial charge in [-0.15, -0.1) is 0 Å². The van der Waals surface area contributed by atoms with E-state index in [9.17, 15) is 0 Å². The summed E-state index contributed by atoms with van der Waals surface area (Å²) in [6.45, 7) is 8.96. The van der Waals surface area contributed by atoms with E-state index < -0.39 is 0 Å². The lowest BCUT2D eigenvalue weighted by Crippen LogP contribution is -2.03. The average Bonchev–Trinajstić information content (AvgIpc) is 2.26. The van der Waals surface area contributed by atoms with Gasteiger partial charge >= 0.3 is 0 Å². The Kier molecular flexibility index (Phi) is 4.19. The third-order valence-corrected chi connectivity index (χ3v) is 3.05. The fourth-order valence-corrected chi connectivity index (χ4v) is 1.97. The Balaban J connectivity index is 3.26. The molecule has 1 heteroatoms. The van der Waals surface area contributed by atoms with Crippen LogP contribution in [0.25, 0.3) is 0 Å². The smallest absolute Gasteiger partial charge is 0.122 e. The summed E-state index contributed by atoms with van der Waals surface area (Å²) in [5, 5.41) is 0. The molecule has 1 nitrogen and oxygen atoms in total. The molecule has 1 aromatic carbocycles. The van der Waals surface area contributed by atoms with Crippen LogP contribution in [-0.4, -0.2) is 7.11 Å². The van der Waals surface area contributed by atoms with Crippen molar-refractivity contribution in [1.29, 1.82) is 0 Å². The predicted molar refractivity (Wildman–Crippen MR) is 65.8 cm³/mol. The Morgan fingerprint density at radius 2 is 1.87 bits per heavy atom. The number of hydrogen-bond donors (Lipinski definition) is 0. The predicted octanol–water partition coefficient (Wildman–Crippen LogP) is 4.33. The first-order valence-electron chi connectivity index (χ1n) is 5.78. The number of hydrogen-bond acceptors (Lipinski definition) is 1. The van der Waals surface area contributed by atoms with E-state index in [2.05, 4.69) is 45.9 Å². The summed E-state index contributed by atoms with van der Waals surface area (Å²) in [6.07, 6.45) is 1.15. The van der Waals surface area contributed by atoms with Gasteiger partial charge in [-0.3, -0.25) is 0 Å². The van der Waals surface area contributed by atoms with Gasteiger partial charge in [0, 0.05) is 5.56 Å². The van der Waals surface area contributed by atoms with E-state index in [0.717, 1.165) is 12.2 Å². The van der Waals surface area contributed by atoms with Crippen molar-refractivity contribution >= 4 is 0 Å². The summed E-state index contributed by atoms with van der Waals surface area (Å²) in [5.74, 6) is 2.16. The van der Waals surface area contributed by atoms with Crippen molar-refractivity contribution in [3.8, 4) is 5.75 Å². The van der Waals surface area contributed by atoms with Gasteiger partial charge < -0.3 is 4.74 Å². The highest BCUT2D eigenvalue weighted by Gasteiger charge is 2.16. The van der Waals surface area contributed by atoms with E-state index in [4.69, 9.17) is 4.74 Å². The highest BCUT2D eigenvalue weighted by molar-refractivity contribution is 5.44. The van der Waals surface area contributed by atoms with Crippen LogP contribution < -0.4 is 4.74 Å². The number of methoxy groups -OCH3 is 1. The first-order chi connectivity index (χ1) is 7.11. The zero-order valence-corrected chi connectivity index (χ0v) is 10.5. The third kappa shape index (κ3) is 2.53. The minimum atomic E-state index is 0.559. The van der Waals surface area contributed by atoms with Crippen molar-refractivity contribution in [2.24, 2.45) is 0 Å². The summed E-state index contributed by atoms with van der Waals surface area (Å²) in [7, 11) is 1.76. The van der Waals surface area contributed by atoms with E-state index in [0.29, 0.717) is 11.8 Å². The zero-order chi connectivity index (χ0) is 11.4. The van der Waals surface area contributed by atoms with Crippen molar-refractivity contribution in [3.63, 3.8) is 0 Å². The van der Waals surface area contributed by atoms with Gasteiger partial charge in [-0.1, -0.05) is 39.8 Å². The Morgan fingerprint density at radius 3 is 2.33 bits per heavy atom. The normalized spacial score (nSPS) is 12.9. The molecule has 0 N–H and O–H groups in total. The van der Waals surface area contributed by atoms with Crippen molar-refractivity contribution in [1.82, 2.24) is 0 Å². The lowest BCUT2D eigenvalue weighted by Gasteiger charge is -2.20. The Morgan fingerprint density at radius 1 is 1.20 bits per heavy atom. The maximum absolute atomic E-state index is 5.46. The van der Waals surface area contributed by atoms with Gasteiger partial charge in [0.25, 0.3) is 0 Å². The Hall–Kier alpha value is -0.980. The molecule has 0 bridgehead atoms. The van der Waals surface area contributed by atoms with Gasteiger partial charge in [-0.05, 0) is 29.9 Å². The molecule has 1 atom stereocenters. The first kappa shape index (κ1) is 12.1. The third-order valence-electron chi connectivity index (χ3n) is 3.05. The van der Waals surface area contributed by atoms with E-state index in [-0.39, 0.29) is 0 Å². The second-order valence-corrected chi connectivity index (χ2v) is 4.43. The molecule has 0 spiro atoms. The molecule has 1 unspecified atom stereocenters. The van der Waals surface area contributed by atoms with Gasteiger partial charge in [0.1, 0.15) is 5.75 Å². The molecule has 0 aliphatic heterocycles. The van der Waals surface area contributed by atoms with Gasteiger partial charge in [0.05, 0.1) is 7.11 Å². The minimum Gasteiger partial charge on any atom is -0.496 e. The molecular weight excluding hydrogens is 184 g/mol. The Labute approximate surface area is 93.5 Å². The van der Waals surface area contributed by atoms with E-state index in [1.165, 1.54) is 11.1 Å². The molecule has 0 fully saturated rings.